The lowest BCUT2D eigenvalue weighted by molar-refractivity contribution is -0.137. The normalized spacial score (nSPS) is 11.7. The van der Waals surface area contributed by atoms with Crippen LogP contribution in [0.1, 0.15) is 19.8 Å². The summed E-state index contributed by atoms with van der Waals surface area (Å²) in [4.78, 5) is 22.0. The molecule has 0 aliphatic carbocycles. The van der Waals surface area contributed by atoms with Gasteiger partial charge >= 0.3 is 12.0 Å². The average Bonchev–Trinajstić information content (AvgIpc) is 2.30. The summed E-state index contributed by atoms with van der Waals surface area (Å²) in [5, 5.41) is 13.7. The van der Waals surface area contributed by atoms with E-state index < -0.39 is 17.8 Å². The molecule has 2 amide bonds. The SMILES string of the molecule is CC(CCC(=O)O)NC(=O)Nc1ccc(F)cc1Br. The van der Waals surface area contributed by atoms with Crippen LogP contribution in [0.3, 0.4) is 0 Å². The number of amides is 2. The number of urea groups is 1. The molecule has 0 spiro atoms. The first-order valence-electron chi connectivity index (χ1n) is 5.63. The molecule has 3 N–H and O–H groups in total. The fourth-order valence-electron chi connectivity index (χ4n) is 1.39. The Morgan fingerprint density at radius 2 is 2.16 bits per heavy atom. The van der Waals surface area contributed by atoms with Crippen LogP contribution < -0.4 is 10.6 Å². The van der Waals surface area contributed by atoms with Crippen LogP contribution in [0.5, 0.6) is 0 Å². The maximum atomic E-state index is 12.9. The summed E-state index contributed by atoms with van der Waals surface area (Å²) in [6.07, 6.45) is 0.328. The van der Waals surface area contributed by atoms with Gasteiger partial charge in [-0.2, -0.15) is 0 Å². The number of carboxylic acid groups (broad SMARTS) is 1. The van der Waals surface area contributed by atoms with Crippen LogP contribution in [0.25, 0.3) is 0 Å². The first-order valence-corrected chi connectivity index (χ1v) is 6.42. The lowest BCUT2D eigenvalue weighted by Gasteiger charge is -2.14. The Balaban J connectivity index is 2.48. The van der Waals surface area contributed by atoms with Crippen molar-refractivity contribution in [2.45, 2.75) is 25.8 Å². The molecular formula is C12H14BrFN2O3. The van der Waals surface area contributed by atoms with Crippen molar-refractivity contribution in [3.63, 3.8) is 0 Å². The Morgan fingerprint density at radius 3 is 2.74 bits per heavy atom. The second kappa shape index (κ2) is 7.08. The van der Waals surface area contributed by atoms with Crippen molar-refractivity contribution in [2.24, 2.45) is 0 Å². The third kappa shape index (κ3) is 5.69. The van der Waals surface area contributed by atoms with Gasteiger partial charge < -0.3 is 15.7 Å². The highest BCUT2D eigenvalue weighted by molar-refractivity contribution is 9.10. The van der Waals surface area contributed by atoms with E-state index >= 15 is 0 Å². The Morgan fingerprint density at radius 1 is 1.47 bits per heavy atom. The van der Waals surface area contributed by atoms with Crippen LogP contribution in [0.2, 0.25) is 0 Å². The summed E-state index contributed by atoms with van der Waals surface area (Å²) in [5.74, 6) is -1.32. The number of carbonyl (C=O) groups excluding carboxylic acids is 1. The Labute approximate surface area is 118 Å². The molecular weight excluding hydrogens is 319 g/mol. The largest absolute Gasteiger partial charge is 0.481 e. The van der Waals surface area contributed by atoms with Gasteiger partial charge in [-0.05, 0) is 47.5 Å². The number of benzene rings is 1. The zero-order valence-electron chi connectivity index (χ0n) is 10.2. The predicted octanol–water partition coefficient (Wildman–Crippen LogP) is 2.96. The lowest BCUT2D eigenvalue weighted by Crippen LogP contribution is -2.36. The summed E-state index contributed by atoms with van der Waals surface area (Å²) in [7, 11) is 0. The highest BCUT2D eigenvalue weighted by atomic mass is 79.9. The highest BCUT2D eigenvalue weighted by Crippen LogP contribution is 2.22. The van der Waals surface area contributed by atoms with Crippen LogP contribution in [-0.4, -0.2) is 23.1 Å². The van der Waals surface area contributed by atoms with Gasteiger partial charge in [-0.3, -0.25) is 4.79 Å². The van der Waals surface area contributed by atoms with Gasteiger partial charge in [0.1, 0.15) is 5.82 Å². The minimum atomic E-state index is -0.907. The molecule has 7 heteroatoms. The number of carbonyl (C=O) groups is 2. The molecule has 0 saturated carbocycles. The smallest absolute Gasteiger partial charge is 0.319 e. The molecule has 1 aromatic rings. The van der Waals surface area contributed by atoms with E-state index in [0.29, 0.717) is 16.6 Å². The Kier molecular flexibility index (Phi) is 5.75. The van der Waals surface area contributed by atoms with Gasteiger partial charge in [0, 0.05) is 16.9 Å². The van der Waals surface area contributed by atoms with Crippen LogP contribution in [0.4, 0.5) is 14.9 Å². The van der Waals surface area contributed by atoms with Gasteiger partial charge in [0.25, 0.3) is 0 Å². The van der Waals surface area contributed by atoms with Gasteiger partial charge in [-0.25, -0.2) is 9.18 Å². The lowest BCUT2D eigenvalue weighted by atomic mass is 10.2. The molecule has 0 bridgehead atoms. The fraction of sp³-hybridized carbons (Fsp3) is 0.333. The molecule has 0 aliphatic heterocycles. The van der Waals surface area contributed by atoms with E-state index in [4.69, 9.17) is 5.11 Å². The van der Waals surface area contributed by atoms with Crippen molar-refractivity contribution < 1.29 is 19.1 Å². The second-order valence-corrected chi connectivity index (χ2v) is 4.91. The highest BCUT2D eigenvalue weighted by Gasteiger charge is 2.10. The van der Waals surface area contributed by atoms with Crippen molar-refractivity contribution in [1.29, 1.82) is 0 Å². The van der Waals surface area contributed by atoms with E-state index in [1.807, 2.05) is 0 Å². The van der Waals surface area contributed by atoms with Crippen LogP contribution in [0, 0.1) is 5.82 Å². The minimum absolute atomic E-state index is 0.0122. The first-order chi connectivity index (χ1) is 8.88. The van der Waals surface area contributed by atoms with E-state index in [0.717, 1.165) is 0 Å². The standard InChI is InChI=1S/C12H14BrFN2O3/c1-7(2-5-11(17)18)15-12(19)16-10-4-3-8(14)6-9(10)13/h3-4,6-7H,2,5H2,1H3,(H,17,18)(H2,15,16,19). The molecule has 19 heavy (non-hydrogen) atoms. The summed E-state index contributed by atoms with van der Waals surface area (Å²) in [6.45, 7) is 1.71. The molecule has 1 aromatic carbocycles. The fourth-order valence-corrected chi connectivity index (χ4v) is 1.84. The van der Waals surface area contributed by atoms with E-state index in [1.165, 1.54) is 18.2 Å². The second-order valence-electron chi connectivity index (χ2n) is 4.06. The monoisotopic (exact) mass is 332 g/mol. The molecule has 104 valence electrons. The molecule has 0 fully saturated rings. The summed E-state index contributed by atoms with van der Waals surface area (Å²) >= 11 is 3.13. The van der Waals surface area contributed by atoms with Gasteiger partial charge in [-0.1, -0.05) is 0 Å². The zero-order valence-corrected chi connectivity index (χ0v) is 11.8. The number of rotatable bonds is 5. The van der Waals surface area contributed by atoms with Gasteiger partial charge in [0.05, 0.1) is 5.69 Å². The van der Waals surface area contributed by atoms with Crippen LogP contribution >= 0.6 is 15.9 Å². The summed E-state index contributed by atoms with van der Waals surface area (Å²) in [6, 6.07) is 3.17. The number of hydrogen-bond acceptors (Lipinski definition) is 2. The molecule has 1 atom stereocenters. The number of anilines is 1. The van der Waals surface area contributed by atoms with E-state index in [1.54, 1.807) is 6.92 Å². The van der Waals surface area contributed by atoms with Crippen molar-refractivity contribution in [2.75, 3.05) is 5.32 Å². The average molecular weight is 333 g/mol. The van der Waals surface area contributed by atoms with E-state index in [-0.39, 0.29) is 12.5 Å². The number of aliphatic carboxylic acids is 1. The molecule has 0 heterocycles. The number of hydrogen-bond donors (Lipinski definition) is 3. The molecule has 0 aliphatic rings. The van der Waals surface area contributed by atoms with Crippen molar-refractivity contribution >= 4 is 33.6 Å². The molecule has 0 radical (unpaired) electrons. The molecule has 0 saturated heterocycles. The number of carboxylic acids is 1. The zero-order chi connectivity index (χ0) is 14.4. The molecule has 1 unspecified atom stereocenters. The van der Waals surface area contributed by atoms with E-state index in [2.05, 4.69) is 26.6 Å². The van der Waals surface area contributed by atoms with Crippen LogP contribution in [0.15, 0.2) is 22.7 Å². The third-order valence-corrected chi connectivity index (χ3v) is 3.00. The molecule has 1 rings (SSSR count). The summed E-state index contributed by atoms with van der Waals surface area (Å²) in [5.41, 5.74) is 0.435. The molecule has 5 nitrogen and oxygen atoms in total. The Hall–Kier alpha value is -1.63. The van der Waals surface area contributed by atoms with Gasteiger partial charge in [-0.15, -0.1) is 0 Å². The minimum Gasteiger partial charge on any atom is -0.481 e. The van der Waals surface area contributed by atoms with Gasteiger partial charge in [0.15, 0.2) is 0 Å². The van der Waals surface area contributed by atoms with Crippen molar-refractivity contribution in [3.8, 4) is 0 Å². The topological polar surface area (TPSA) is 78.4 Å². The predicted molar refractivity (Wildman–Crippen MR) is 72.6 cm³/mol. The summed E-state index contributed by atoms with van der Waals surface area (Å²) < 4.78 is 13.3. The number of nitrogens with one attached hydrogen (secondary N) is 2. The number of halogens is 2. The van der Waals surface area contributed by atoms with Gasteiger partial charge in [0.2, 0.25) is 0 Å². The maximum Gasteiger partial charge on any atom is 0.319 e. The Bertz CT molecular complexity index is 482. The van der Waals surface area contributed by atoms with Crippen LogP contribution in [-0.2, 0) is 4.79 Å². The van der Waals surface area contributed by atoms with Crippen molar-refractivity contribution in [3.05, 3.63) is 28.5 Å². The van der Waals surface area contributed by atoms with E-state index in [9.17, 15) is 14.0 Å². The maximum absolute atomic E-state index is 12.9. The van der Waals surface area contributed by atoms with Crippen molar-refractivity contribution in [1.82, 2.24) is 5.32 Å². The first kappa shape index (κ1) is 15.4. The quantitative estimate of drug-likeness (QED) is 0.775. The molecule has 0 aromatic heterocycles. The third-order valence-electron chi connectivity index (χ3n) is 2.35.